The fourth-order valence-electron chi connectivity index (χ4n) is 1.83. The van der Waals surface area contributed by atoms with Gasteiger partial charge in [0, 0.05) is 16.5 Å². The van der Waals surface area contributed by atoms with Crippen LogP contribution in [0.15, 0.2) is 18.2 Å². The largest absolute Gasteiger partial charge is 0.400 e. The first kappa shape index (κ1) is 10.6. The lowest BCUT2D eigenvalue weighted by Crippen LogP contribution is -2.03. The minimum Gasteiger partial charge on any atom is -0.264 e. The number of rotatable bonds is 2. The highest BCUT2D eigenvalue weighted by Crippen LogP contribution is 2.22. The van der Waals surface area contributed by atoms with Gasteiger partial charge in [-0.3, -0.25) is 4.68 Å². The summed E-state index contributed by atoms with van der Waals surface area (Å²) in [6.07, 6.45) is 0. The van der Waals surface area contributed by atoms with Crippen molar-refractivity contribution < 1.29 is 14.3 Å². The molecule has 0 aliphatic heterocycles. The van der Waals surface area contributed by atoms with E-state index in [2.05, 4.69) is 10.0 Å². The van der Waals surface area contributed by atoms with E-state index in [9.17, 15) is 9.32 Å². The van der Waals surface area contributed by atoms with Crippen LogP contribution in [0.3, 0.4) is 0 Å². The highest BCUT2D eigenvalue weighted by molar-refractivity contribution is 6.02. The summed E-state index contributed by atoms with van der Waals surface area (Å²) in [6, 6.07) is 5.45. The second kappa shape index (κ2) is 3.92. The van der Waals surface area contributed by atoms with E-state index in [0.717, 1.165) is 11.1 Å². The summed E-state index contributed by atoms with van der Waals surface area (Å²) in [7, 11) is 0. The number of aromatic nitrogens is 2. The minimum absolute atomic E-state index is 0.0167. The van der Waals surface area contributed by atoms with E-state index in [1.807, 2.05) is 19.9 Å². The van der Waals surface area contributed by atoms with Crippen LogP contribution < -0.4 is 0 Å². The van der Waals surface area contributed by atoms with E-state index < -0.39 is 5.97 Å². The summed E-state index contributed by atoms with van der Waals surface area (Å²) in [5, 5.41) is 4.66. The van der Waals surface area contributed by atoms with E-state index in [-0.39, 0.29) is 5.69 Å². The lowest BCUT2D eigenvalue weighted by molar-refractivity contribution is -0.0792. The van der Waals surface area contributed by atoms with Gasteiger partial charge in [0.1, 0.15) is 0 Å². The second-order valence-electron chi connectivity index (χ2n) is 3.50. The maximum absolute atomic E-state index is 11.9. The predicted octanol–water partition coefficient (Wildman–Crippen LogP) is 2.41. The summed E-state index contributed by atoms with van der Waals surface area (Å²) >= 11 is 0. The quantitative estimate of drug-likeness (QED) is 0.783. The zero-order valence-electron chi connectivity index (χ0n) is 9.03. The van der Waals surface area contributed by atoms with Gasteiger partial charge in [-0.15, -0.1) is 0 Å². The van der Waals surface area contributed by atoms with Crippen LogP contribution in [0.2, 0.25) is 0 Å². The van der Waals surface area contributed by atoms with E-state index in [0.29, 0.717) is 11.9 Å². The van der Waals surface area contributed by atoms with Crippen molar-refractivity contribution in [1.29, 1.82) is 0 Å². The summed E-state index contributed by atoms with van der Waals surface area (Å²) < 4.78 is 13.6. The number of carbonyl (C=O) groups excluding carboxylic acids is 1. The van der Waals surface area contributed by atoms with Crippen LogP contribution in [0.5, 0.6) is 0 Å². The van der Waals surface area contributed by atoms with Gasteiger partial charge in [0.2, 0.25) is 0 Å². The molecule has 5 heteroatoms. The second-order valence-corrected chi connectivity index (χ2v) is 3.50. The first-order chi connectivity index (χ1) is 7.69. The molecule has 0 atom stereocenters. The highest BCUT2D eigenvalue weighted by atomic mass is 19.3. The number of hydrogen-bond acceptors (Lipinski definition) is 3. The molecule has 84 valence electrons. The van der Waals surface area contributed by atoms with Crippen LogP contribution in [0.4, 0.5) is 4.53 Å². The first-order valence-corrected chi connectivity index (χ1v) is 4.98. The van der Waals surface area contributed by atoms with E-state index in [4.69, 9.17) is 0 Å². The van der Waals surface area contributed by atoms with Crippen molar-refractivity contribution in [2.24, 2.45) is 0 Å². The van der Waals surface area contributed by atoms with Gasteiger partial charge in [-0.1, -0.05) is 18.2 Å². The molecule has 0 spiro atoms. The van der Waals surface area contributed by atoms with Gasteiger partial charge in [-0.2, -0.15) is 5.10 Å². The molecular formula is C11H11FN2O2. The molecule has 1 aromatic heterocycles. The third-order valence-corrected chi connectivity index (χ3v) is 2.53. The van der Waals surface area contributed by atoms with Gasteiger partial charge in [0.15, 0.2) is 5.69 Å². The topological polar surface area (TPSA) is 44.1 Å². The number of aryl methyl sites for hydroxylation is 2. The van der Waals surface area contributed by atoms with Gasteiger partial charge in [-0.05, 0) is 19.4 Å². The van der Waals surface area contributed by atoms with Crippen LogP contribution in [0, 0.1) is 6.92 Å². The molecule has 2 aromatic rings. The van der Waals surface area contributed by atoms with E-state index in [1.165, 1.54) is 0 Å². The lowest BCUT2D eigenvalue weighted by Gasteiger charge is -2.00. The Kier molecular flexibility index (Phi) is 2.60. The summed E-state index contributed by atoms with van der Waals surface area (Å²) in [5.41, 5.74) is 1.85. The molecule has 2 rings (SSSR count). The number of hydrogen-bond donors (Lipinski definition) is 0. The van der Waals surface area contributed by atoms with Crippen molar-refractivity contribution in [3.8, 4) is 0 Å². The van der Waals surface area contributed by atoms with Crippen LogP contribution in [-0.4, -0.2) is 15.7 Å². The molecule has 0 amide bonds. The molecule has 0 aliphatic rings. The number of fused-ring (bicyclic) bond motifs is 1. The molecule has 4 nitrogen and oxygen atoms in total. The Hall–Kier alpha value is -1.91. The molecule has 0 aliphatic carbocycles. The van der Waals surface area contributed by atoms with Crippen molar-refractivity contribution in [1.82, 2.24) is 9.78 Å². The van der Waals surface area contributed by atoms with Crippen molar-refractivity contribution >= 4 is 16.9 Å². The molecule has 0 bridgehead atoms. The summed E-state index contributed by atoms with van der Waals surface area (Å²) in [4.78, 5) is 14.4. The molecule has 0 fully saturated rings. The van der Waals surface area contributed by atoms with Crippen LogP contribution in [-0.2, 0) is 11.5 Å². The average molecular weight is 222 g/mol. The highest BCUT2D eigenvalue weighted by Gasteiger charge is 2.19. The monoisotopic (exact) mass is 222 g/mol. The fraction of sp³-hybridized carbons (Fsp3) is 0.273. The molecule has 0 saturated carbocycles. The maximum atomic E-state index is 11.9. The van der Waals surface area contributed by atoms with Crippen LogP contribution in [0.25, 0.3) is 10.9 Å². The molecule has 16 heavy (non-hydrogen) atoms. The van der Waals surface area contributed by atoms with Gasteiger partial charge in [0.05, 0.1) is 5.52 Å². The Balaban J connectivity index is 2.78. The maximum Gasteiger partial charge on any atom is 0.400 e. The lowest BCUT2D eigenvalue weighted by atomic mass is 10.1. The average Bonchev–Trinajstić information content (AvgIpc) is 2.68. The Morgan fingerprint density at radius 1 is 1.56 bits per heavy atom. The van der Waals surface area contributed by atoms with Gasteiger partial charge in [0.25, 0.3) is 0 Å². The Morgan fingerprint density at radius 2 is 2.31 bits per heavy atom. The molecule has 0 saturated heterocycles. The Morgan fingerprint density at radius 3 is 2.94 bits per heavy atom. The summed E-state index contributed by atoms with van der Waals surface area (Å²) in [5.74, 6) is -1.05. The number of carbonyl (C=O) groups is 1. The van der Waals surface area contributed by atoms with Crippen LogP contribution >= 0.6 is 0 Å². The zero-order chi connectivity index (χ0) is 11.7. The zero-order valence-corrected chi connectivity index (χ0v) is 9.03. The first-order valence-electron chi connectivity index (χ1n) is 4.98. The third kappa shape index (κ3) is 1.44. The molecule has 1 aromatic carbocycles. The third-order valence-electron chi connectivity index (χ3n) is 2.53. The van der Waals surface area contributed by atoms with Gasteiger partial charge >= 0.3 is 5.97 Å². The molecule has 0 unspecified atom stereocenters. The number of halogens is 1. The normalized spacial score (nSPS) is 10.7. The van der Waals surface area contributed by atoms with Crippen molar-refractivity contribution in [3.63, 3.8) is 0 Å². The number of benzene rings is 1. The standard InChI is InChI=1S/C11H11FN2O2/c1-3-14-10-7(2)5-4-6-8(10)9(13-14)11(15)16-12/h4-6H,3H2,1-2H3. The van der Waals surface area contributed by atoms with E-state index in [1.54, 1.807) is 16.8 Å². The SMILES string of the molecule is CCn1nc(C(=O)OF)c2cccc(C)c21. The summed E-state index contributed by atoms with van der Waals surface area (Å²) in [6.45, 7) is 4.44. The molecule has 1 heterocycles. The van der Waals surface area contributed by atoms with Gasteiger partial charge < -0.3 is 0 Å². The van der Waals surface area contributed by atoms with Crippen molar-refractivity contribution in [2.45, 2.75) is 20.4 Å². The fourth-order valence-corrected chi connectivity index (χ4v) is 1.83. The molecule has 0 N–H and O–H groups in total. The van der Waals surface area contributed by atoms with Crippen molar-refractivity contribution in [2.75, 3.05) is 0 Å². The molecular weight excluding hydrogens is 211 g/mol. The Bertz CT molecular complexity index is 548. The van der Waals surface area contributed by atoms with Crippen molar-refractivity contribution in [3.05, 3.63) is 29.5 Å². The Labute approximate surface area is 91.5 Å². The number of nitrogens with zero attached hydrogens (tertiary/aromatic N) is 2. The number of para-hydroxylation sites is 1. The predicted molar refractivity (Wildman–Crippen MR) is 56.7 cm³/mol. The molecule has 0 radical (unpaired) electrons. The minimum atomic E-state index is -1.05. The smallest absolute Gasteiger partial charge is 0.264 e. The van der Waals surface area contributed by atoms with E-state index >= 15 is 0 Å². The van der Waals surface area contributed by atoms with Gasteiger partial charge in [-0.25, -0.2) is 9.74 Å². The van der Waals surface area contributed by atoms with Crippen LogP contribution in [0.1, 0.15) is 23.0 Å².